The van der Waals surface area contributed by atoms with Gasteiger partial charge in [0.25, 0.3) is 11.8 Å². The first-order valence-corrected chi connectivity index (χ1v) is 16.9. The van der Waals surface area contributed by atoms with Crippen LogP contribution in [0.2, 0.25) is 0 Å². The Balaban J connectivity index is 1.39. The fourth-order valence-corrected chi connectivity index (χ4v) is 6.14. The number of anilines is 2. The van der Waals surface area contributed by atoms with Crippen molar-refractivity contribution in [2.45, 2.75) is 36.8 Å². The zero-order valence-corrected chi connectivity index (χ0v) is 28.7. The Morgan fingerprint density at radius 1 is 0.700 bits per heavy atom. The first-order chi connectivity index (χ1) is 24.1. The van der Waals surface area contributed by atoms with Gasteiger partial charge in [-0.2, -0.15) is 0 Å². The van der Waals surface area contributed by atoms with E-state index in [1.165, 1.54) is 23.9 Å². The number of benzene rings is 5. The molecule has 9 heteroatoms. The molecule has 1 atom stereocenters. The Morgan fingerprint density at radius 2 is 1.38 bits per heavy atom. The molecule has 0 fully saturated rings. The van der Waals surface area contributed by atoms with Gasteiger partial charge in [0.1, 0.15) is 10.9 Å². The summed E-state index contributed by atoms with van der Waals surface area (Å²) in [6.45, 7) is 6.00. The van der Waals surface area contributed by atoms with E-state index in [0.717, 1.165) is 22.3 Å². The van der Waals surface area contributed by atoms with Crippen molar-refractivity contribution in [2.75, 3.05) is 10.6 Å². The second kappa shape index (κ2) is 16.5. The molecule has 5 rings (SSSR count). The summed E-state index contributed by atoms with van der Waals surface area (Å²) in [6, 6.07) is 37.4. The molecule has 0 aliphatic heterocycles. The number of carboxylic acids is 1. The minimum Gasteiger partial charge on any atom is -0.478 e. The van der Waals surface area contributed by atoms with E-state index in [0.29, 0.717) is 27.8 Å². The normalized spacial score (nSPS) is 11.8. The van der Waals surface area contributed by atoms with Gasteiger partial charge in [-0.15, -0.1) is 11.8 Å². The van der Waals surface area contributed by atoms with Gasteiger partial charge in [-0.1, -0.05) is 98.8 Å². The first kappa shape index (κ1) is 35.4. The van der Waals surface area contributed by atoms with Crippen LogP contribution in [0.3, 0.4) is 0 Å². The molecule has 5 aromatic rings. The first-order valence-electron chi connectivity index (χ1n) is 16.0. The maximum Gasteiger partial charge on any atom is 0.335 e. The van der Waals surface area contributed by atoms with E-state index in [4.69, 9.17) is 0 Å². The highest BCUT2D eigenvalue weighted by Crippen LogP contribution is 2.37. The summed E-state index contributed by atoms with van der Waals surface area (Å²) in [5.74, 6) is -2.02. The number of amides is 3. The van der Waals surface area contributed by atoms with Crippen LogP contribution in [0.1, 0.15) is 68.0 Å². The summed E-state index contributed by atoms with van der Waals surface area (Å²) in [5.41, 5.74) is 4.79. The lowest BCUT2D eigenvalue weighted by atomic mass is 10.0. The minimum atomic E-state index is -1.09. The van der Waals surface area contributed by atoms with Gasteiger partial charge in [0, 0.05) is 21.8 Å². The van der Waals surface area contributed by atoms with Crippen LogP contribution < -0.4 is 16.0 Å². The van der Waals surface area contributed by atoms with E-state index in [1.54, 1.807) is 61.5 Å². The Bertz CT molecular complexity index is 2030. The van der Waals surface area contributed by atoms with Crippen LogP contribution in [-0.4, -0.2) is 28.8 Å². The Hall–Kier alpha value is -5.93. The van der Waals surface area contributed by atoms with Crippen molar-refractivity contribution in [2.24, 2.45) is 0 Å². The van der Waals surface area contributed by atoms with Gasteiger partial charge in [0.05, 0.1) is 5.56 Å². The fourth-order valence-electron chi connectivity index (χ4n) is 5.06. The van der Waals surface area contributed by atoms with Gasteiger partial charge in [-0.3, -0.25) is 14.4 Å². The molecular formula is C41H37N3O5S. The molecule has 4 N–H and O–H groups in total. The van der Waals surface area contributed by atoms with Crippen molar-refractivity contribution in [3.8, 4) is 0 Å². The van der Waals surface area contributed by atoms with E-state index in [-0.39, 0.29) is 17.2 Å². The largest absolute Gasteiger partial charge is 0.478 e. The average molecular weight is 684 g/mol. The third-order valence-corrected chi connectivity index (χ3v) is 9.12. The molecule has 0 aromatic heterocycles. The number of hydrogen-bond donors (Lipinski definition) is 4. The van der Waals surface area contributed by atoms with Crippen molar-refractivity contribution in [1.29, 1.82) is 0 Å². The molecule has 8 nitrogen and oxygen atoms in total. The van der Waals surface area contributed by atoms with Crippen LogP contribution in [0.4, 0.5) is 11.4 Å². The number of hydrogen-bond acceptors (Lipinski definition) is 5. The molecule has 252 valence electrons. The highest BCUT2D eigenvalue weighted by Gasteiger charge is 2.24. The molecule has 1 unspecified atom stereocenters. The molecular weight excluding hydrogens is 647 g/mol. The number of carboxylic acid groups (broad SMARTS) is 1. The molecule has 50 heavy (non-hydrogen) atoms. The lowest BCUT2D eigenvalue weighted by molar-refractivity contribution is -0.116. The van der Waals surface area contributed by atoms with Gasteiger partial charge in [0.15, 0.2) is 0 Å². The van der Waals surface area contributed by atoms with Gasteiger partial charge >= 0.3 is 5.97 Å². The lowest BCUT2D eigenvalue weighted by Crippen LogP contribution is -2.30. The van der Waals surface area contributed by atoms with Gasteiger partial charge in [-0.25, -0.2) is 4.79 Å². The molecule has 0 heterocycles. The number of aryl methyl sites for hydroxylation is 1. The Labute approximate surface area is 295 Å². The third-order valence-electron chi connectivity index (χ3n) is 7.87. The highest BCUT2D eigenvalue weighted by atomic mass is 32.2. The Morgan fingerprint density at radius 3 is 2.04 bits per heavy atom. The maximum absolute atomic E-state index is 13.8. The summed E-state index contributed by atoms with van der Waals surface area (Å²) in [4.78, 5) is 52.9. The lowest BCUT2D eigenvalue weighted by Gasteiger charge is -2.19. The molecule has 0 saturated heterocycles. The highest BCUT2D eigenvalue weighted by molar-refractivity contribution is 8.00. The van der Waals surface area contributed by atoms with E-state index >= 15 is 0 Å². The monoisotopic (exact) mass is 683 g/mol. The average Bonchev–Trinajstić information content (AvgIpc) is 3.12. The molecule has 0 spiro atoms. The number of carbonyl (C=O) groups excluding carboxylic acids is 3. The molecule has 0 aliphatic carbocycles. The van der Waals surface area contributed by atoms with Crippen LogP contribution in [0.25, 0.3) is 6.08 Å². The fraction of sp³-hybridized carbons (Fsp3) is 0.122. The number of aromatic carboxylic acids is 1. The number of carbonyl (C=O) groups is 4. The number of thioether (sulfide) groups is 1. The molecule has 5 aromatic carbocycles. The van der Waals surface area contributed by atoms with E-state index in [9.17, 15) is 24.3 Å². The van der Waals surface area contributed by atoms with Crippen LogP contribution in [-0.2, 0) is 9.59 Å². The molecule has 0 radical (unpaired) electrons. The topological polar surface area (TPSA) is 125 Å². The van der Waals surface area contributed by atoms with Crippen molar-refractivity contribution in [1.82, 2.24) is 5.32 Å². The number of rotatable bonds is 12. The second-order valence-corrected chi connectivity index (χ2v) is 13.1. The van der Waals surface area contributed by atoms with Crippen LogP contribution >= 0.6 is 11.8 Å². The predicted molar refractivity (Wildman–Crippen MR) is 199 cm³/mol. The predicted octanol–water partition coefficient (Wildman–Crippen LogP) is 8.70. The minimum absolute atomic E-state index is 0.0645. The summed E-state index contributed by atoms with van der Waals surface area (Å²) < 4.78 is 0. The van der Waals surface area contributed by atoms with Gasteiger partial charge < -0.3 is 21.1 Å². The zero-order valence-electron chi connectivity index (χ0n) is 27.8. The van der Waals surface area contributed by atoms with Gasteiger partial charge in [-0.05, 0) is 83.6 Å². The maximum atomic E-state index is 13.8. The van der Waals surface area contributed by atoms with Crippen LogP contribution in [0.5, 0.6) is 0 Å². The summed E-state index contributed by atoms with van der Waals surface area (Å²) in [7, 11) is 0. The van der Waals surface area contributed by atoms with E-state index in [1.807, 2.05) is 66.7 Å². The Kier molecular flexibility index (Phi) is 11.6. The van der Waals surface area contributed by atoms with E-state index < -0.39 is 23.0 Å². The zero-order chi connectivity index (χ0) is 35.6. The van der Waals surface area contributed by atoms with Crippen molar-refractivity contribution in [3.05, 3.63) is 166 Å². The van der Waals surface area contributed by atoms with Gasteiger partial charge in [0.2, 0.25) is 5.91 Å². The van der Waals surface area contributed by atoms with Crippen molar-refractivity contribution in [3.63, 3.8) is 0 Å². The molecule has 0 saturated carbocycles. The molecule has 0 bridgehead atoms. The smallest absolute Gasteiger partial charge is 0.335 e. The number of nitrogens with one attached hydrogen (secondary N) is 3. The van der Waals surface area contributed by atoms with E-state index in [2.05, 4.69) is 29.8 Å². The molecule has 3 amide bonds. The third kappa shape index (κ3) is 9.36. The summed E-state index contributed by atoms with van der Waals surface area (Å²) in [6.07, 6.45) is 1.63. The van der Waals surface area contributed by atoms with Crippen molar-refractivity contribution < 1.29 is 24.3 Å². The molecule has 0 aliphatic rings. The van der Waals surface area contributed by atoms with Crippen molar-refractivity contribution >= 4 is 52.9 Å². The van der Waals surface area contributed by atoms with Crippen LogP contribution in [0, 0.1) is 6.92 Å². The second-order valence-electron chi connectivity index (χ2n) is 11.9. The van der Waals surface area contributed by atoms with Crippen LogP contribution in [0.15, 0.2) is 138 Å². The summed E-state index contributed by atoms with van der Waals surface area (Å²) >= 11 is 1.29. The SMILES string of the molecule is Cc1ccc(C(=O)O)cc1NC(=O)C(Sc1cccc(NC(=O)/C(=C\c2ccc(C(C)C)cc2)NC(=O)c2ccccc2)c1)c1ccccc1. The summed E-state index contributed by atoms with van der Waals surface area (Å²) in [5, 5.41) is 17.4. The quantitative estimate of drug-likeness (QED) is 0.0771. The standard InChI is InChI=1S/C41H37N3O5S/c1-26(2)29-21-18-28(19-22-29)23-36(44-38(45)31-13-8-5-9-14-31)39(46)42-33-15-10-16-34(25-33)50-37(30-11-6-4-7-12-30)40(47)43-35-24-32(41(48)49)20-17-27(35)3/h4-26,37H,1-3H3,(H,42,46)(H,43,47)(H,44,45)(H,48,49)/b36-23+.